The van der Waals surface area contributed by atoms with Crippen molar-refractivity contribution in [3.8, 4) is 0 Å². The summed E-state index contributed by atoms with van der Waals surface area (Å²) in [5, 5.41) is 13.5. The molecular formula is C12H12ClN5O3. The normalized spacial score (nSPS) is 10.2. The van der Waals surface area contributed by atoms with Crippen molar-refractivity contribution in [2.24, 2.45) is 0 Å². The number of carbonyl (C=O) groups excluding carboxylic acids is 2. The largest absolute Gasteiger partial charge is 0.460 e. The number of benzene rings is 1. The summed E-state index contributed by atoms with van der Waals surface area (Å²) in [5.74, 6) is -1.24. The van der Waals surface area contributed by atoms with Crippen LogP contribution >= 0.6 is 11.6 Å². The molecule has 1 aromatic carbocycles. The Morgan fingerprint density at radius 2 is 2.14 bits per heavy atom. The van der Waals surface area contributed by atoms with Gasteiger partial charge >= 0.3 is 5.97 Å². The van der Waals surface area contributed by atoms with Crippen LogP contribution in [-0.4, -0.2) is 38.7 Å². The van der Waals surface area contributed by atoms with Gasteiger partial charge in [-0.05, 0) is 29.5 Å². The lowest BCUT2D eigenvalue weighted by Crippen LogP contribution is -2.23. The highest BCUT2D eigenvalue weighted by atomic mass is 35.5. The van der Waals surface area contributed by atoms with Gasteiger partial charge in [0.2, 0.25) is 5.91 Å². The molecule has 9 heteroatoms. The molecule has 0 aliphatic rings. The van der Waals surface area contributed by atoms with Gasteiger partial charge in [-0.15, -0.1) is 5.10 Å². The molecule has 0 saturated heterocycles. The van der Waals surface area contributed by atoms with E-state index in [1.807, 2.05) is 0 Å². The number of amides is 1. The van der Waals surface area contributed by atoms with Crippen LogP contribution in [-0.2, 0) is 16.1 Å². The van der Waals surface area contributed by atoms with Gasteiger partial charge in [0.05, 0.1) is 17.3 Å². The van der Waals surface area contributed by atoms with E-state index in [0.717, 1.165) is 4.68 Å². The molecule has 1 aromatic heterocycles. The van der Waals surface area contributed by atoms with Gasteiger partial charge < -0.3 is 10.1 Å². The molecule has 0 unspecified atom stereocenters. The predicted octanol–water partition coefficient (Wildman–Crippen LogP) is 1.14. The van der Waals surface area contributed by atoms with Crippen LogP contribution in [0.3, 0.4) is 0 Å². The lowest BCUT2D eigenvalue weighted by molar-refractivity contribution is -0.116. The number of esters is 1. The molecule has 0 radical (unpaired) electrons. The number of aromatic nitrogens is 4. The van der Waals surface area contributed by atoms with Crippen LogP contribution in [0.25, 0.3) is 0 Å². The molecule has 110 valence electrons. The first-order valence-electron chi connectivity index (χ1n) is 6.09. The van der Waals surface area contributed by atoms with Crippen LogP contribution in [0.4, 0.5) is 5.69 Å². The minimum atomic E-state index is -0.687. The van der Waals surface area contributed by atoms with Crippen LogP contribution in [0.2, 0.25) is 5.02 Å². The smallest absolute Gasteiger partial charge is 0.378 e. The number of tetrazole rings is 1. The minimum absolute atomic E-state index is 0.133. The van der Waals surface area contributed by atoms with Gasteiger partial charge in [-0.1, -0.05) is 23.7 Å². The number of hydrogen-bond donors (Lipinski definition) is 1. The predicted molar refractivity (Wildman–Crippen MR) is 73.9 cm³/mol. The Hall–Kier alpha value is -2.48. The number of rotatable bonds is 5. The first-order valence-corrected chi connectivity index (χ1v) is 6.47. The molecule has 0 spiro atoms. The van der Waals surface area contributed by atoms with Gasteiger partial charge in [0.15, 0.2) is 0 Å². The summed E-state index contributed by atoms with van der Waals surface area (Å²) < 4.78 is 5.85. The summed E-state index contributed by atoms with van der Waals surface area (Å²) in [6.45, 7) is 1.63. The zero-order valence-electron chi connectivity index (χ0n) is 11.1. The van der Waals surface area contributed by atoms with Crippen molar-refractivity contribution < 1.29 is 14.3 Å². The molecule has 8 nitrogen and oxygen atoms in total. The molecule has 21 heavy (non-hydrogen) atoms. The Morgan fingerprint density at radius 1 is 1.38 bits per heavy atom. The summed E-state index contributed by atoms with van der Waals surface area (Å²) in [6.07, 6.45) is 0. The Bertz CT molecular complexity index is 658. The van der Waals surface area contributed by atoms with Crippen molar-refractivity contribution in [3.63, 3.8) is 0 Å². The number of hydrogen-bond acceptors (Lipinski definition) is 6. The summed E-state index contributed by atoms with van der Waals surface area (Å²) in [7, 11) is 0. The zero-order valence-corrected chi connectivity index (χ0v) is 11.9. The molecule has 0 bridgehead atoms. The molecule has 0 atom stereocenters. The van der Waals surface area contributed by atoms with Gasteiger partial charge in [-0.2, -0.15) is 0 Å². The second kappa shape index (κ2) is 6.80. The van der Waals surface area contributed by atoms with Gasteiger partial charge in [0.25, 0.3) is 5.82 Å². The number of nitrogens with zero attached hydrogens (tertiary/aromatic N) is 4. The number of ether oxygens (including phenoxy) is 1. The second-order valence-electron chi connectivity index (χ2n) is 3.91. The maximum absolute atomic E-state index is 11.9. The zero-order chi connectivity index (χ0) is 15.2. The molecule has 1 amide bonds. The quantitative estimate of drug-likeness (QED) is 0.832. The maximum Gasteiger partial charge on any atom is 0.378 e. The first kappa shape index (κ1) is 14.9. The van der Waals surface area contributed by atoms with E-state index in [-0.39, 0.29) is 19.0 Å². The monoisotopic (exact) mass is 309 g/mol. The lowest BCUT2D eigenvalue weighted by Gasteiger charge is -2.07. The molecule has 2 rings (SSSR count). The molecule has 0 fully saturated rings. The van der Waals surface area contributed by atoms with Crippen molar-refractivity contribution >= 4 is 29.2 Å². The van der Waals surface area contributed by atoms with E-state index in [0.29, 0.717) is 10.7 Å². The molecule has 1 heterocycles. The van der Waals surface area contributed by atoms with E-state index in [9.17, 15) is 9.59 Å². The van der Waals surface area contributed by atoms with E-state index in [1.165, 1.54) is 0 Å². The van der Waals surface area contributed by atoms with Gasteiger partial charge in [0, 0.05) is 0 Å². The van der Waals surface area contributed by atoms with Crippen molar-refractivity contribution in [2.75, 3.05) is 11.9 Å². The highest BCUT2D eigenvalue weighted by Gasteiger charge is 2.18. The average molecular weight is 310 g/mol. The lowest BCUT2D eigenvalue weighted by atomic mass is 10.3. The Morgan fingerprint density at radius 3 is 2.86 bits per heavy atom. The molecule has 0 aliphatic heterocycles. The van der Waals surface area contributed by atoms with E-state index in [4.69, 9.17) is 16.3 Å². The topological polar surface area (TPSA) is 99.0 Å². The molecule has 2 aromatic rings. The number of nitrogens with one attached hydrogen (secondary N) is 1. The Kier molecular flexibility index (Phi) is 4.83. The van der Waals surface area contributed by atoms with Crippen molar-refractivity contribution in [1.29, 1.82) is 0 Å². The van der Waals surface area contributed by atoms with E-state index >= 15 is 0 Å². The Balaban J connectivity index is 2.05. The van der Waals surface area contributed by atoms with Crippen LogP contribution in [0.5, 0.6) is 0 Å². The second-order valence-corrected chi connectivity index (χ2v) is 4.32. The maximum atomic E-state index is 11.9. The van der Waals surface area contributed by atoms with Crippen molar-refractivity contribution in [2.45, 2.75) is 13.5 Å². The summed E-state index contributed by atoms with van der Waals surface area (Å²) in [4.78, 5) is 23.5. The van der Waals surface area contributed by atoms with Crippen LogP contribution in [0.15, 0.2) is 24.3 Å². The number of carbonyl (C=O) groups is 2. The fourth-order valence-electron chi connectivity index (χ4n) is 1.54. The highest BCUT2D eigenvalue weighted by Crippen LogP contribution is 2.20. The molecule has 0 saturated carbocycles. The van der Waals surface area contributed by atoms with Crippen molar-refractivity contribution in [1.82, 2.24) is 20.2 Å². The first-order chi connectivity index (χ1) is 10.1. The van der Waals surface area contributed by atoms with E-state index < -0.39 is 11.9 Å². The summed E-state index contributed by atoms with van der Waals surface area (Å²) >= 11 is 5.94. The average Bonchev–Trinajstić information content (AvgIpc) is 2.90. The van der Waals surface area contributed by atoms with Crippen LogP contribution < -0.4 is 5.32 Å². The van der Waals surface area contributed by atoms with E-state index in [1.54, 1.807) is 31.2 Å². The highest BCUT2D eigenvalue weighted by molar-refractivity contribution is 6.33. The molecular weight excluding hydrogens is 298 g/mol. The van der Waals surface area contributed by atoms with Gasteiger partial charge in [0.1, 0.15) is 6.54 Å². The molecule has 0 aliphatic carbocycles. The van der Waals surface area contributed by atoms with E-state index in [2.05, 4.69) is 20.8 Å². The van der Waals surface area contributed by atoms with Crippen LogP contribution in [0, 0.1) is 0 Å². The third-order valence-electron chi connectivity index (χ3n) is 2.43. The van der Waals surface area contributed by atoms with Crippen molar-refractivity contribution in [3.05, 3.63) is 35.1 Å². The van der Waals surface area contributed by atoms with Gasteiger partial charge in [-0.25, -0.2) is 9.48 Å². The fraction of sp³-hybridized carbons (Fsp3) is 0.250. The third kappa shape index (κ3) is 3.76. The summed E-state index contributed by atoms with van der Waals surface area (Å²) in [6, 6.07) is 6.80. The SMILES string of the molecule is CCOC(=O)c1nnnn1CC(=O)Nc1ccccc1Cl. The third-order valence-corrected chi connectivity index (χ3v) is 2.76. The Labute approximate surface area is 125 Å². The number of para-hydroxylation sites is 1. The minimum Gasteiger partial charge on any atom is -0.460 e. The molecule has 1 N–H and O–H groups in total. The fourth-order valence-corrected chi connectivity index (χ4v) is 1.72. The summed E-state index contributed by atoms with van der Waals surface area (Å²) in [5.41, 5.74) is 0.468. The number of halogens is 1. The number of anilines is 1. The van der Waals surface area contributed by atoms with Gasteiger partial charge in [-0.3, -0.25) is 4.79 Å². The standard InChI is InChI=1S/C12H12ClN5O3/c1-2-21-12(20)11-15-16-17-18(11)7-10(19)14-9-6-4-3-5-8(9)13/h3-6H,2,7H2,1H3,(H,14,19). The van der Waals surface area contributed by atoms with Crippen LogP contribution in [0.1, 0.15) is 17.5 Å².